The second kappa shape index (κ2) is 7.03. The third kappa shape index (κ3) is 2.96. The lowest BCUT2D eigenvalue weighted by Gasteiger charge is -2.25. The van der Waals surface area contributed by atoms with Crippen molar-refractivity contribution in [2.45, 2.75) is 13.8 Å². The van der Waals surface area contributed by atoms with Crippen LogP contribution < -0.4 is 14.5 Å². The monoisotopic (exact) mass is 355 g/mol. The highest BCUT2D eigenvalue weighted by Crippen LogP contribution is 2.41. The Kier molecular flexibility index (Phi) is 4.79. The predicted octanol–water partition coefficient (Wildman–Crippen LogP) is 3.00. The Balaban J connectivity index is 2.23. The van der Waals surface area contributed by atoms with Gasteiger partial charge >= 0.3 is 12.0 Å². The molecule has 7 heteroatoms. The maximum Gasteiger partial charge on any atom is 0.329 e. The van der Waals surface area contributed by atoms with Gasteiger partial charge < -0.3 is 9.47 Å². The van der Waals surface area contributed by atoms with E-state index in [2.05, 4.69) is 4.98 Å². The van der Waals surface area contributed by atoms with Gasteiger partial charge in [0.2, 0.25) is 5.88 Å². The van der Waals surface area contributed by atoms with Crippen molar-refractivity contribution in [3.05, 3.63) is 35.9 Å². The number of urea groups is 1. The number of amides is 2. The second-order valence-corrected chi connectivity index (χ2v) is 5.93. The van der Waals surface area contributed by atoms with Gasteiger partial charge in [-0.1, -0.05) is 18.2 Å². The van der Waals surface area contributed by atoms with Gasteiger partial charge in [0.25, 0.3) is 0 Å². The number of pyridine rings is 1. The summed E-state index contributed by atoms with van der Waals surface area (Å²) in [6.07, 6.45) is 0. The molecular weight excluding hydrogens is 334 g/mol. The van der Waals surface area contributed by atoms with Gasteiger partial charge in [0, 0.05) is 18.2 Å². The first-order valence-electron chi connectivity index (χ1n) is 8.33. The summed E-state index contributed by atoms with van der Waals surface area (Å²) >= 11 is 0. The van der Waals surface area contributed by atoms with Crippen LogP contribution >= 0.6 is 0 Å². The van der Waals surface area contributed by atoms with Gasteiger partial charge in [-0.2, -0.15) is 0 Å². The molecule has 1 aromatic carbocycles. The molecule has 0 radical (unpaired) electrons. The molecule has 0 saturated carbocycles. The van der Waals surface area contributed by atoms with Crippen LogP contribution in [0.3, 0.4) is 0 Å². The summed E-state index contributed by atoms with van der Waals surface area (Å²) in [5, 5.41) is 0. The Hall–Kier alpha value is -3.09. The number of carbonyl (C=O) groups is 2. The zero-order valence-corrected chi connectivity index (χ0v) is 15.3. The van der Waals surface area contributed by atoms with Crippen molar-refractivity contribution in [3.63, 3.8) is 0 Å². The van der Waals surface area contributed by atoms with E-state index in [0.29, 0.717) is 22.9 Å². The summed E-state index contributed by atoms with van der Waals surface area (Å²) in [5.41, 5.74) is 3.42. The zero-order valence-electron chi connectivity index (χ0n) is 15.3. The van der Waals surface area contributed by atoms with Crippen molar-refractivity contribution in [2.24, 2.45) is 0 Å². The van der Waals surface area contributed by atoms with Crippen LogP contribution in [-0.4, -0.2) is 44.3 Å². The van der Waals surface area contributed by atoms with Crippen LogP contribution in [0, 0.1) is 6.92 Å². The maximum absolute atomic E-state index is 13.1. The van der Waals surface area contributed by atoms with E-state index in [1.165, 1.54) is 9.80 Å². The Morgan fingerprint density at radius 3 is 2.65 bits per heavy atom. The molecule has 2 heterocycles. The van der Waals surface area contributed by atoms with Gasteiger partial charge in [0.15, 0.2) is 0 Å². The number of methoxy groups -OCH3 is 1. The summed E-state index contributed by atoms with van der Waals surface area (Å²) in [5.74, 6) is 0.00580. The van der Waals surface area contributed by atoms with Crippen molar-refractivity contribution in [2.75, 3.05) is 37.1 Å². The quantitative estimate of drug-likeness (QED) is 0.789. The van der Waals surface area contributed by atoms with Crippen molar-refractivity contribution in [1.82, 2.24) is 4.98 Å². The van der Waals surface area contributed by atoms with Crippen LogP contribution in [0.5, 0.6) is 5.88 Å². The number of aromatic nitrogens is 1. The van der Waals surface area contributed by atoms with Gasteiger partial charge in [-0.15, -0.1) is 0 Å². The number of aryl methyl sites for hydroxylation is 1. The molecule has 136 valence electrons. The molecule has 0 spiro atoms. The summed E-state index contributed by atoms with van der Waals surface area (Å²) in [6, 6.07) is 8.97. The van der Waals surface area contributed by atoms with Gasteiger partial charge in [-0.05, 0) is 26.0 Å². The number of hydrogen-bond donors (Lipinski definition) is 0. The Labute approximate surface area is 152 Å². The fourth-order valence-electron chi connectivity index (χ4n) is 3.03. The molecule has 2 aromatic rings. The molecular formula is C19H21N3O4. The minimum absolute atomic E-state index is 0.189. The molecule has 0 fully saturated rings. The number of fused-ring (bicyclic) bond motifs is 3. The van der Waals surface area contributed by atoms with Crippen molar-refractivity contribution in [1.29, 1.82) is 0 Å². The van der Waals surface area contributed by atoms with Crippen molar-refractivity contribution >= 4 is 23.4 Å². The van der Waals surface area contributed by atoms with Gasteiger partial charge in [-0.25, -0.2) is 9.78 Å². The average molecular weight is 355 g/mol. The van der Waals surface area contributed by atoms with Crippen LogP contribution in [0.15, 0.2) is 30.3 Å². The number of hydrogen-bond acceptors (Lipinski definition) is 5. The first-order chi connectivity index (χ1) is 12.5. The van der Waals surface area contributed by atoms with Crippen LogP contribution in [0.4, 0.5) is 16.2 Å². The molecule has 7 nitrogen and oxygen atoms in total. The number of ether oxygens (including phenoxy) is 2. The lowest BCUT2D eigenvalue weighted by Crippen LogP contribution is -2.43. The number of rotatable bonds is 4. The zero-order chi connectivity index (χ0) is 18.8. The number of carbonyl (C=O) groups excluding carboxylic acids is 2. The number of esters is 1. The summed E-state index contributed by atoms with van der Waals surface area (Å²) in [6.45, 7) is 3.64. The lowest BCUT2D eigenvalue weighted by atomic mass is 10.1. The molecule has 1 aromatic heterocycles. The van der Waals surface area contributed by atoms with E-state index in [1.807, 2.05) is 37.3 Å². The Morgan fingerprint density at radius 1 is 1.23 bits per heavy atom. The van der Waals surface area contributed by atoms with Gasteiger partial charge in [-0.3, -0.25) is 14.6 Å². The van der Waals surface area contributed by atoms with Crippen molar-refractivity contribution in [3.8, 4) is 17.1 Å². The number of benzene rings is 1. The SMILES string of the molecule is CCOC(=O)CN1C(=O)N(C)c2ccccc2-c2nc(OC)c(C)cc21. The third-order valence-corrected chi connectivity index (χ3v) is 4.26. The molecule has 26 heavy (non-hydrogen) atoms. The first-order valence-corrected chi connectivity index (χ1v) is 8.33. The van der Waals surface area contributed by atoms with E-state index in [1.54, 1.807) is 21.1 Å². The molecule has 0 atom stereocenters. The van der Waals surface area contributed by atoms with Crippen molar-refractivity contribution < 1.29 is 19.1 Å². The lowest BCUT2D eigenvalue weighted by molar-refractivity contribution is -0.141. The second-order valence-electron chi connectivity index (χ2n) is 5.93. The maximum atomic E-state index is 13.1. The largest absolute Gasteiger partial charge is 0.481 e. The van der Waals surface area contributed by atoms with E-state index in [4.69, 9.17) is 9.47 Å². The number of anilines is 2. The van der Waals surface area contributed by atoms with E-state index in [9.17, 15) is 9.59 Å². The fourth-order valence-corrected chi connectivity index (χ4v) is 3.03. The molecule has 1 aliphatic heterocycles. The van der Waals surface area contributed by atoms with E-state index in [0.717, 1.165) is 11.1 Å². The van der Waals surface area contributed by atoms with E-state index >= 15 is 0 Å². The minimum atomic E-state index is -0.473. The standard InChI is InChI=1S/C19H21N3O4/c1-5-26-16(23)11-22-15-10-12(2)18(25-4)20-17(15)13-8-6-7-9-14(13)21(3)19(22)24/h6-10H,5,11H2,1-4H3. The Morgan fingerprint density at radius 2 is 1.96 bits per heavy atom. The molecule has 0 N–H and O–H groups in total. The van der Waals surface area contributed by atoms with Crippen LogP contribution in [-0.2, 0) is 9.53 Å². The summed E-state index contributed by atoms with van der Waals surface area (Å²) in [7, 11) is 3.23. The highest BCUT2D eigenvalue weighted by Gasteiger charge is 2.32. The smallest absolute Gasteiger partial charge is 0.329 e. The molecule has 0 saturated heterocycles. The summed E-state index contributed by atoms with van der Waals surface area (Å²) in [4.78, 5) is 32.7. The first kappa shape index (κ1) is 17.7. The molecule has 0 bridgehead atoms. The minimum Gasteiger partial charge on any atom is -0.481 e. The van der Waals surface area contributed by atoms with Gasteiger partial charge in [0.1, 0.15) is 12.2 Å². The molecule has 0 unspecified atom stereocenters. The highest BCUT2D eigenvalue weighted by molar-refractivity contribution is 6.12. The average Bonchev–Trinajstić information content (AvgIpc) is 2.72. The van der Waals surface area contributed by atoms with Crippen LogP contribution in [0.2, 0.25) is 0 Å². The molecule has 0 aliphatic carbocycles. The number of nitrogens with zero attached hydrogens (tertiary/aromatic N) is 3. The topological polar surface area (TPSA) is 72.0 Å². The van der Waals surface area contributed by atoms with Crippen LogP contribution in [0.1, 0.15) is 12.5 Å². The van der Waals surface area contributed by atoms with Crippen LogP contribution in [0.25, 0.3) is 11.3 Å². The summed E-state index contributed by atoms with van der Waals surface area (Å²) < 4.78 is 10.4. The molecule has 2 amide bonds. The van der Waals surface area contributed by atoms with E-state index < -0.39 is 5.97 Å². The normalized spacial score (nSPS) is 13.0. The van der Waals surface area contributed by atoms with E-state index in [-0.39, 0.29) is 19.2 Å². The highest BCUT2D eigenvalue weighted by atomic mass is 16.5. The molecule has 1 aliphatic rings. The Bertz CT molecular complexity index is 866. The third-order valence-electron chi connectivity index (χ3n) is 4.26. The fraction of sp³-hybridized carbons (Fsp3) is 0.316. The number of para-hydroxylation sites is 1. The molecule has 3 rings (SSSR count). The van der Waals surface area contributed by atoms with Gasteiger partial charge in [0.05, 0.1) is 25.1 Å². The predicted molar refractivity (Wildman–Crippen MR) is 98.7 cm³/mol.